The summed E-state index contributed by atoms with van der Waals surface area (Å²) in [6.45, 7) is 2.16. The third kappa shape index (κ3) is 10.1. The highest BCUT2D eigenvalue weighted by Gasteiger charge is 2.62. The van der Waals surface area contributed by atoms with E-state index in [2.05, 4.69) is 20.6 Å². The molecule has 4 fully saturated rings. The Morgan fingerprint density at radius 2 is 1.42 bits per heavy atom. The number of carboxylic acid groups (broad SMARTS) is 1. The Morgan fingerprint density at radius 1 is 0.807 bits per heavy atom. The second-order valence-electron chi connectivity index (χ2n) is 16.2. The molecule has 15 heteroatoms. The summed E-state index contributed by atoms with van der Waals surface area (Å²) in [4.78, 5) is 50.1. The van der Waals surface area contributed by atoms with Gasteiger partial charge in [0, 0.05) is 37.5 Å². The Balaban J connectivity index is 1.23. The minimum absolute atomic E-state index is 0.0713. The molecule has 0 aliphatic heterocycles. The van der Waals surface area contributed by atoms with Crippen LogP contribution in [0.2, 0.25) is 0 Å². The van der Waals surface area contributed by atoms with E-state index in [1.807, 2.05) is 28.8 Å². The smallest absolute Gasteiger partial charge is 0.330 e. The van der Waals surface area contributed by atoms with Crippen LogP contribution in [0, 0.1) is 23.7 Å². The normalized spacial score (nSPS) is 22.5. The number of fused-ring (bicyclic) bond motifs is 1. The number of aryl methyl sites for hydroxylation is 1. The molecule has 4 aliphatic rings. The molecule has 7 rings (SSSR count). The number of ether oxygens (including phenoxy) is 1. The minimum Gasteiger partial charge on any atom is -0.508 e. The summed E-state index contributed by atoms with van der Waals surface area (Å²) in [6, 6.07) is 13.0. The van der Waals surface area contributed by atoms with Crippen molar-refractivity contribution in [3.8, 4) is 11.5 Å². The molecule has 4 bridgehead atoms. The Bertz CT molecular complexity index is 1910. The SMILES string of the molecule is NC(N)=NCCCCCCn1c(C(=O)NC(Cc2ccc(O)cc2)C(=O)NC2(C(=O)O)C3CC4CC(C3)CC2C4)cc2ccc(OCCCCCN=C(N)N)cc21. The number of aromatic hydroxyl groups is 1. The molecular formula is C42H59N9O6. The number of nitrogens with two attached hydrogens (primary N) is 4. The van der Waals surface area contributed by atoms with Crippen molar-refractivity contribution in [1.82, 2.24) is 15.2 Å². The van der Waals surface area contributed by atoms with Gasteiger partial charge in [-0.25, -0.2) is 4.79 Å². The molecule has 12 N–H and O–H groups in total. The zero-order valence-electron chi connectivity index (χ0n) is 32.7. The van der Waals surface area contributed by atoms with E-state index >= 15 is 0 Å². The maximum Gasteiger partial charge on any atom is 0.330 e. The summed E-state index contributed by atoms with van der Waals surface area (Å²) in [5, 5.41) is 27.6. The number of aromatic nitrogens is 1. The zero-order chi connectivity index (χ0) is 40.5. The lowest BCUT2D eigenvalue weighted by Gasteiger charge is -2.59. The van der Waals surface area contributed by atoms with E-state index in [9.17, 15) is 24.6 Å². The van der Waals surface area contributed by atoms with E-state index in [4.69, 9.17) is 27.7 Å². The van der Waals surface area contributed by atoms with Crippen LogP contribution < -0.4 is 38.3 Å². The van der Waals surface area contributed by atoms with Gasteiger partial charge in [-0.2, -0.15) is 0 Å². The molecule has 57 heavy (non-hydrogen) atoms. The van der Waals surface area contributed by atoms with E-state index in [1.54, 1.807) is 12.1 Å². The number of aliphatic carboxylic acids is 1. The average Bonchev–Trinajstić information content (AvgIpc) is 3.53. The molecule has 0 saturated heterocycles. The van der Waals surface area contributed by atoms with Gasteiger partial charge in [0.05, 0.1) is 12.1 Å². The van der Waals surface area contributed by atoms with Crippen LogP contribution in [-0.2, 0) is 22.6 Å². The fourth-order valence-corrected chi connectivity index (χ4v) is 9.62. The predicted octanol–water partition coefficient (Wildman–Crippen LogP) is 3.74. The molecular weight excluding hydrogens is 727 g/mol. The molecule has 4 aliphatic carbocycles. The van der Waals surface area contributed by atoms with E-state index in [0.29, 0.717) is 55.1 Å². The van der Waals surface area contributed by atoms with Gasteiger partial charge in [-0.3, -0.25) is 19.6 Å². The van der Waals surface area contributed by atoms with Gasteiger partial charge >= 0.3 is 5.97 Å². The van der Waals surface area contributed by atoms with Crippen molar-refractivity contribution in [3.63, 3.8) is 0 Å². The number of hydrogen-bond acceptors (Lipinski definition) is 7. The quantitative estimate of drug-likeness (QED) is 0.0441. The third-order valence-corrected chi connectivity index (χ3v) is 12.2. The molecule has 0 radical (unpaired) electrons. The second-order valence-corrected chi connectivity index (χ2v) is 16.2. The highest BCUT2D eigenvalue weighted by Crippen LogP contribution is 2.58. The number of aliphatic imine (C=N–C) groups is 2. The van der Waals surface area contributed by atoms with Crippen molar-refractivity contribution in [1.29, 1.82) is 0 Å². The maximum absolute atomic E-state index is 14.4. The zero-order valence-corrected chi connectivity index (χ0v) is 32.7. The molecule has 1 unspecified atom stereocenters. The van der Waals surface area contributed by atoms with Crippen molar-refractivity contribution in [2.24, 2.45) is 56.6 Å². The van der Waals surface area contributed by atoms with Gasteiger partial charge in [-0.15, -0.1) is 0 Å². The van der Waals surface area contributed by atoms with E-state index in [0.717, 1.165) is 88.0 Å². The van der Waals surface area contributed by atoms with Crippen LogP contribution >= 0.6 is 0 Å². The average molecular weight is 786 g/mol. The van der Waals surface area contributed by atoms with Crippen LogP contribution in [0.5, 0.6) is 11.5 Å². The van der Waals surface area contributed by atoms with Crippen LogP contribution in [-0.4, -0.2) is 75.8 Å². The molecule has 3 aromatic rings. The number of carboxylic acids is 1. The van der Waals surface area contributed by atoms with Crippen LogP contribution in [0.3, 0.4) is 0 Å². The molecule has 4 saturated carbocycles. The lowest BCUT2D eigenvalue weighted by Crippen LogP contribution is -2.71. The van der Waals surface area contributed by atoms with Crippen molar-refractivity contribution in [2.45, 2.75) is 102 Å². The summed E-state index contributed by atoms with van der Waals surface area (Å²) in [6.07, 6.45) is 10.3. The monoisotopic (exact) mass is 785 g/mol. The lowest BCUT2D eigenvalue weighted by atomic mass is 9.48. The van der Waals surface area contributed by atoms with Crippen molar-refractivity contribution in [2.75, 3.05) is 19.7 Å². The van der Waals surface area contributed by atoms with Crippen LogP contribution in [0.4, 0.5) is 0 Å². The maximum atomic E-state index is 14.4. The fourth-order valence-electron chi connectivity index (χ4n) is 9.62. The number of carbonyl (C=O) groups is 3. The number of unbranched alkanes of at least 4 members (excludes halogenated alkanes) is 5. The molecule has 1 aromatic heterocycles. The first kappa shape index (κ1) is 41.2. The number of nitrogens with one attached hydrogen (secondary N) is 2. The number of nitrogens with zero attached hydrogens (tertiary/aromatic N) is 3. The van der Waals surface area contributed by atoms with E-state index in [1.165, 1.54) is 12.1 Å². The Kier molecular flexibility index (Phi) is 13.5. The van der Waals surface area contributed by atoms with E-state index < -0.39 is 29.4 Å². The topological polar surface area (TPSA) is 259 Å². The number of benzene rings is 2. The summed E-state index contributed by atoms with van der Waals surface area (Å²) in [5.41, 5.74) is 22.3. The molecule has 308 valence electrons. The van der Waals surface area contributed by atoms with Crippen molar-refractivity contribution >= 4 is 40.6 Å². The minimum atomic E-state index is -1.37. The summed E-state index contributed by atoms with van der Waals surface area (Å²) in [7, 11) is 0. The van der Waals surface area contributed by atoms with Gasteiger partial charge in [-0.1, -0.05) is 25.0 Å². The van der Waals surface area contributed by atoms with Gasteiger partial charge in [0.25, 0.3) is 5.91 Å². The Labute approximate surface area is 333 Å². The predicted molar refractivity (Wildman–Crippen MR) is 220 cm³/mol. The fraction of sp³-hybridized carbons (Fsp3) is 0.548. The molecule has 2 aromatic carbocycles. The number of rotatable bonds is 21. The number of amides is 2. The number of hydrogen-bond donors (Lipinski definition) is 8. The van der Waals surface area contributed by atoms with Crippen LogP contribution in [0.25, 0.3) is 10.9 Å². The number of carbonyl (C=O) groups excluding carboxylic acids is 2. The first-order valence-corrected chi connectivity index (χ1v) is 20.4. The summed E-state index contributed by atoms with van der Waals surface area (Å²) >= 11 is 0. The molecule has 1 atom stereocenters. The first-order chi connectivity index (χ1) is 27.4. The highest BCUT2D eigenvalue weighted by molar-refractivity contribution is 6.01. The van der Waals surface area contributed by atoms with Gasteiger partial charge in [-0.05, 0) is 124 Å². The van der Waals surface area contributed by atoms with Gasteiger partial charge in [0.2, 0.25) is 5.91 Å². The molecule has 15 nitrogen and oxygen atoms in total. The standard InChI is InChI=1S/C42H59N9O6/c43-40(44)47-14-4-1-2-6-16-51-35-25-33(57-17-7-3-5-15-48-41(45)46)13-10-29(35)24-36(51)38(54)49-34(23-26-8-11-32(52)12-9-26)37(53)50-42(39(55)56)30-19-27-18-28(21-30)22-31(42)20-27/h8-13,24-25,27-28,30-31,34,52H,1-7,14-23H2,(H,49,54)(H,50,53)(H,55,56)(H4,43,44,47)(H4,45,46,48). The number of guanidine groups is 2. The van der Waals surface area contributed by atoms with Crippen LogP contribution in [0.15, 0.2) is 58.5 Å². The highest BCUT2D eigenvalue weighted by atomic mass is 16.5. The molecule has 0 spiro atoms. The largest absolute Gasteiger partial charge is 0.508 e. The number of phenolic OH excluding ortho intramolecular Hbond substituents is 1. The van der Waals surface area contributed by atoms with E-state index in [-0.39, 0.29) is 35.9 Å². The summed E-state index contributed by atoms with van der Waals surface area (Å²) < 4.78 is 8.08. The van der Waals surface area contributed by atoms with Gasteiger partial charge in [0.1, 0.15) is 28.8 Å². The number of phenols is 1. The van der Waals surface area contributed by atoms with Gasteiger partial charge in [0.15, 0.2) is 11.9 Å². The van der Waals surface area contributed by atoms with Crippen LogP contribution in [0.1, 0.15) is 93.1 Å². The Hall–Kier alpha value is -5.47. The summed E-state index contributed by atoms with van der Waals surface area (Å²) in [5.74, 6) is -0.366. The third-order valence-electron chi connectivity index (χ3n) is 12.2. The lowest BCUT2D eigenvalue weighted by molar-refractivity contribution is -0.168. The van der Waals surface area contributed by atoms with Crippen molar-refractivity contribution in [3.05, 3.63) is 59.8 Å². The Morgan fingerprint density at radius 3 is 2.04 bits per heavy atom. The second kappa shape index (κ2) is 18.6. The first-order valence-electron chi connectivity index (χ1n) is 20.4. The molecule has 2 amide bonds. The van der Waals surface area contributed by atoms with Gasteiger partial charge < -0.3 is 53.1 Å². The molecule has 1 heterocycles. The van der Waals surface area contributed by atoms with Crippen molar-refractivity contribution < 1.29 is 29.3 Å².